The number of piperidine rings is 1. The van der Waals surface area contributed by atoms with Crippen LogP contribution in [0.25, 0.3) is 0 Å². The lowest BCUT2D eigenvalue weighted by atomic mass is 10.0. The third-order valence-electron chi connectivity index (χ3n) is 5.71. The van der Waals surface area contributed by atoms with Crippen molar-refractivity contribution < 1.29 is 41.7 Å². The Morgan fingerprint density at radius 2 is 1.53 bits per heavy atom. The number of halogens is 1. The van der Waals surface area contributed by atoms with Gasteiger partial charge in [0.15, 0.2) is 9.84 Å². The molecule has 11 nitrogen and oxygen atoms in total. The zero-order valence-electron chi connectivity index (χ0n) is 19.9. The molecule has 1 unspecified atom stereocenters. The molecule has 36 heavy (non-hydrogen) atoms. The van der Waals surface area contributed by atoms with E-state index in [0.29, 0.717) is 45.2 Å². The molecule has 1 aromatic carbocycles. The van der Waals surface area contributed by atoms with Crippen LogP contribution in [0.1, 0.15) is 28.8 Å². The van der Waals surface area contributed by atoms with Gasteiger partial charge in [0.05, 0.1) is 63.5 Å². The normalized spacial score (nSPS) is 18.0. The summed E-state index contributed by atoms with van der Waals surface area (Å²) in [5.41, 5.74) is 0.625. The van der Waals surface area contributed by atoms with Gasteiger partial charge >= 0.3 is 0 Å². The number of fused-ring (bicyclic) bond motifs is 1. The van der Waals surface area contributed by atoms with Crippen molar-refractivity contribution in [3.8, 4) is 0 Å². The fourth-order valence-electron chi connectivity index (χ4n) is 3.94. The largest absolute Gasteiger partial charge is 0.378 e. The number of ether oxygens (including phenoxy) is 4. The molecule has 1 atom stereocenters. The highest BCUT2D eigenvalue weighted by Gasteiger charge is 2.40. The Kier molecular flexibility index (Phi) is 11.3. The van der Waals surface area contributed by atoms with Crippen LogP contribution in [0.15, 0.2) is 23.1 Å². The number of amides is 3. The van der Waals surface area contributed by atoms with Crippen molar-refractivity contribution in [3.05, 3.63) is 29.3 Å². The van der Waals surface area contributed by atoms with Crippen LogP contribution < -0.4 is 5.32 Å². The molecule has 200 valence electrons. The Morgan fingerprint density at radius 3 is 2.14 bits per heavy atom. The van der Waals surface area contributed by atoms with Crippen LogP contribution in [0.2, 0.25) is 0 Å². The minimum absolute atomic E-state index is 0.00471. The maximum absolute atomic E-state index is 13.0. The second-order valence-corrected chi connectivity index (χ2v) is 11.0. The summed E-state index contributed by atoms with van der Waals surface area (Å²) in [5.74, 6) is -1.60. The minimum atomic E-state index is -3.73. The summed E-state index contributed by atoms with van der Waals surface area (Å²) >= 11 is 3.27. The number of rotatable bonds is 16. The van der Waals surface area contributed by atoms with E-state index in [2.05, 4.69) is 21.2 Å². The monoisotopic (exact) mass is 590 g/mol. The van der Waals surface area contributed by atoms with Crippen molar-refractivity contribution in [3.63, 3.8) is 0 Å². The average molecular weight is 591 g/mol. The molecule has 0 aromatic heterocycles. The molecule has 1 aromatic rings. The molecular formula is C23H31BrN2O9S. The number of nitrogens with zero attached hydrogens (tertiary/aromatic N) is 1. The number of hydrogen-bond acceptors (Lipinski definition) is 9. The number of nitrogens with one attached hydrogen (secondary N) is 1. The van der Waals surface area contributed by atoms with Gasteiger partial charge in [-0.2, -0.15) is 0 Å². The van der Waals surface area contributed by atoms with E-state index >= 15 is 0 Å². The van der Waals surface area contributed by atoms with Crippen LogP contribution in [0, 0.1) is 0 Å². The first kappa shape index (κ1) is 28.7. The van der Waals surface area contributed by atoms with Crippen molar-refractivity contribution in [1.29, 1.82) is 0 Å². The van der Waals surface area contributed by atoms with E-state index < -0.39 is 27.7 Å². The number of sulfone groups is 1. The quantitative estimate of drug-likeness (QED) is 0.167. The van der Waals surface area contributed by atoms with E-state index in [1.54, 1.807) is 6.07 Å². The van der Waals surface area contributed by atoms with E-state index in [1.807, 2.05) is 0 Å². The fourth-order valence-corrected chi connectivity index (χ4v) is 5.57. The molecule has 0 spiro atoms. The molecule has 2 aliphatic heterocycles. The lowest BCUT2D eigenvalue weighted by Crippen LogP contribution is -2.52. The first-order chi connectivity index (χ1) is 17.3. The van der Waals surface area contributed by atoms with E-state index in [4.69, 9.17) is 18.9 Å². The molecule has 3 amide bonds. The molecule has 13 heteroatoms. The summed E-state index contributed by atoms with van der Waals surface area (Å²) in [5, 5.41) is 3.02. The van der Waals surface area contributed by atoms with Crippen molar-refractivity contribution in [1.82, 2.24) is 10.2 Å². The number of hydrogen-bond donors (Lipinski definition) is 1. The zero-order chi connectivity index (χ0) is 26.0. The lowest BCUT2D eigenvalue weighted by molar-refractivity contribution is -0.136. The Morgan fingerprint density at radius 1 is 0.917 bits per heavy atom. The SMILES string of the molecule is O=C1CCC(N2Cc3c(cccc3S(=O)(=O)CCOCCOCCOCCOCCBr)C2=O)C(=O)N1. The summed E-state index contributed by atoms with van der Waals surface area (Å²) in [6.07, 6.45) is 0.336. The van der Waals surface area contributed by atoms with Gasteiger partial charge in [-0.05, 0) is 18.6 Å². The third kappa shape index (κ3) is 7.80. The standard InChI is InChI=1S/C23H31BrN2O9S/c24-6-7-32-8-9-33-10-11-34-12-13-35-14-15-36(30,31)20-3-1-2-17-18(20)16-26(23(17)29)19-4-5-21(27)25-22(19)28/h1-3,19H,4-16H2,(H,25,27,28). The number of benzene rings is 1. The predicted molar refractivity (Wildman–Crippen MR) is 132 cm³/mol. The molecule has 0 radical (unpaired) electrons. The molecule has 1 fully saturated rings. The first-order valence-corrected chi connectivity index (χ1v) is 14.5. The van der Waals surface area contributed by atoms with Gasteiger partial charge in [-0.3, -0.25) is 19.7 Å². The van der Waals surface area contributed by atoms with Crippen LogP contribution in [-0.4, -0.2) is 101 Å². The Balaban J connectivity index is 1.41. The lowest BCUT2D eigenvalue weighted by Gasteiger charge is -2.29. The predicted octanol–water partition coefficient (Wildman–Crippen LogP) is 0.683. The fraction of sp³-hybridized carbons (Fsp3) is 0.609. The third-order valence-corrected chi connectivity index (χ3v) is 7.79. The van der Waals surface area contributed by atoms with Crippen LogP contribution >= 0.6 is 15.9 Å². The van der Waals surface area contributed by atoms with Crippen molar-refractivity contribution >= 4 is 43.5 Å². The van der Waals surface area contributed by atoms with Crippen LogP contribution in [0.4, 0.5) is 0 Å². The number of carbonyl (C=O) groups excluding carboxylic acids is 3. The van der Waals surface area contributed by atoms with Gasteiger partial charge in [-0.15, -0.1) is 0 Å². The Hall–Kier alpha value is -1.90. The Labute approximate surface area is 218 Å². The van der Waals surface area contributed by atoms with E-state index in [9.17, 15) is 22.8 Å². The number of alkyl halides is 1. The molecule has 1 saturated heterocycles. The van der Waals surface area contributed by atoms with Gasteiger partial charge in [0.2, 0.25) is 11.8 Å². The summed E-state index contributed by atoms with van der Waals surface area (Å²) < 4.78 is 47.4. The molecule has 0 aliphatic carbocycles. The highest BCUT2D eigenvalue weighted by Crippen LogP contribution is 2.32. The average Bonchev–Trinajstić information content (AvgIpc) is 3.18. The smallest absolute Gasteiger partial charge is 0.255 e. The van der Waals surface area contributed by atoms with Crippen molar-refractivity contribution in [2.45, 2.75) is 30.3 Å². The minimum Gasteiger partial charge on any atom is -0.378 e. The van der Waals surface area contributed by atoms with Gasteiger partial charge in [0.1, 0.15) is 6.04 Å². The molecule has 2 heterocycles. The van der Waals surface area contributed by atoms with Crippen molar-refractivity contribution in [2.24, 2.45) is 0 Å². The Bertz CT molecular complexity index is 1030. The van der Waals surface area contributed by atoms with Crippen LogP contribution in [0.5, 0.6) is 0 Å². The number of imide groups is 1. The number of carbonyl (C=O) groups is 3. The molecule has 2 aliphatic rings. The van der Waals surface area contributed by atoms with Gasteiger partial charge in [0, 0.05) is 29.4 Å². The molecule has 0 saturated carbocycles. The summed E-state index contributed by atoms with van der Waals surface area (Å²) in [4.78, 5) is 38.0. The summed E-state index contributed by atoms with van der Waals surface area (Å²) in [6.45, 7) is 2.99. The molecule has 1 N–H and O–H groups in total. The zero-order valence-corrected chi connectivity index (χ0v) is 22.3. The highest BCUT2D eigenvalue weighted by atomic mass is 79.9. The maximum Gasteiger partial charge on any atom is 0.255 e. The first-order valence-electron chi connectivity index (χ1n) is 11.7. The van der Waals surface area contributed by atoms with Crippen LogP contribution in [-0.2, 0) is 44.9 Å². The van der Waals surface area contributed by atoms with E-state index in [0.717, 1.165) is 5.33 Å². The maximum atomic E-state index is 13.0. The summed E-state index contributed by atoms with van der Waals surface area (Å²) in [7, 11) is -3.73. The van der Waals surface area contributed by atoms with Gasteiger partial charge in [-0.1, -0.05) is 22.0 Å². The molecular weight excluding hydrogens is 560 g/mol. The van der Waals surface area contributed by atoms with Crippen molar-refractivity contribution in [2.75, 3.05) is 63.9 Å². The second kappa shape index (κ2) is 14.1. The van der Waals surface area contributed by atoms with Crippen LogP contribution in [0.3, 0.4) is 0 Å². The second-order valence-electron chi connectivity index (χ2n) is 8.14. The van der Waals surface area contributed by atoms with Gasteiger partial charge in [-0.25, -0.2) is 8.42 Å². The van der Waals surface area contributed by atoms with Gasteiger partial charge in [0.25, 0.3) is 5.91 Å². The topological polar surface area (TPSA) is 138 Å². The van der Waals surface area contributed by atoms with E-state index in [-0.39, 0.29) is 54.7 Å². The summed E-state index contributed by atoms with van der Waals surface area (Å²) in [6, 6.07) is 3.72. The highest BCUT2D eigenvalue weighted by molar-refractivity contribution is 9.09. The van der Waals surface area contributed by atoms with E-state index in [1.165, 1.54) is 17.0 Å². The van der Waals surface area contributed by atoms with Gasteiger partial charge < -0.3 is 23.8 Å². The molecule has 0 bridgehead atoms. The molecule has 3 rings (SSSR count).